The second-order valence-corrected chi connectivity index (χ2v) is 16.9. The minimum atomic E-state index is -3.77. The molecule has 4 aromatic rings. The van der Waals surface area contributed by atoms with Crippen molar-refractivity contribution in [2.75, 3.05) is 13.1 Å². The summed E-state index contributed by atoms with van der Waals surface area (Å²) in [5, 5.41) is 8.35. The third-order valence-electron chi connectivity index (χ3n) is 6.95. The van der Waals surface area contributed by atoms with Crippen LogP contribution in [-0.2, 0) is 42.7 Å². The number of halogens is 3. The van der Waals surface area contributed by atoms with Crippen molar-refractivity contribution in [2.45, 2.75) is 49.6 Å². The van der Waals surface area contributed by atoms with Crippen molar-refractivity contribution < 1.29 is 31.5 Å². The number of hydrogen-bond acceptors (Lipinski definition) is 6. The van der Waals surface area contributed by atoms with Gasteiger partial charge in [-0.25, -0.2) is 16.8 Å². The molecule has 1 N–H and O–H groups in total. The fourth-order valence-corrected chi connectivity index (χ4v) is 8.23. The number of rotatable bonds is 14. The molecule has 4 aromatic carbocycles. The molecule has 0 radical (unpaired) electrons. The first kappa shape index (κ1) is 39.5. The summed E-state index contributed by atoms with van der Waals surface area (Å²) in [6.45, 7) is 3.99. The van der Waals surface area contributed by atoms with Gasteiger partial charge >= 0.3 is 5.97 Å². The normalized spacial score (nSPS) is 11.6. The van der Waals surface area contributed by atoms with Gasteiger partial charge in [0.05, 0.1) is 16.2 Å². The Balaban J connectivity index is 0.000000260. The molecule has 0 unspecified atom stereocenters. The Kier molecular flexibility index (Phi) is 15.0. The molecule has 0 atom stereocenters. The van der Waals surface area contributed by atoms with E-state index in [0.29, 0.717) is 0 Å². The second-order valence-electron chi connectivity index (χ2n) is 10.8. The van der Waals surface area contributed by atoms with Crippen LogP contribution >= 0.6 is 43.5 Å². The Morgan fingerprint density at radius 3 is 1.35 bits per heavy atom. The van der Waals surface area contributed by atoms with Crippen molar-refractivity contribution in [3.63, 3.8) is 0 Å². The van der Waals surface area contributed by atoms with Crippen LogP contribution in [0.2, 0.25) is 0 Å². The molecule has 0 aliphatic carbocycles. The molecular formula is C34H35Br2ClN2O7S2. The van der Waals surface area contributed by atoms with Crippen LogP contribution in [0.4, 0.5) is 0 Å². The van der Waals surface area contributed by atoms with Crippen LogP contribution in [0, 0.1) is 13.8 Å². The molecule has 0 bridgehead atoms. The molecule has 48 heavy (non-hydrogen) atoms. The van der Waals surface area contributed by atoms with E-state index in [1.807, 2.05) is 62.4 Å². The lowest BCUT2D eigenvalue weighted by molar-refractivity contribution is -0.137. The van der Waals surface area contributed by atoms with Gasteiger partial charge in [0.2, 0.25) is 25.3 Å². The van der Waals surface area contributed by atoms with E-state index in [2.05, 4.69) is 31.9 Å². The monoisotopic (exact) mass is 840 g/mol. The maximum absolute atomic E-state index is 12.9. The van der Waals surface area contributed by atoms with Gasteiger partial charge < -0.3 is 5.11 Å². The van der Waals surface area contributed by atoms with Gasteiger partial charge in [-0.05, 0) is 85.1 Å². The number of aliphatic carboxylic acids is 1. The zero-order valence-electron chi connectivity index (χ0n) is 26.2. The Hall–Kier alpha value is -2.91. The molecular weight excluding hydrogens is 808 g/mol. The molecule has 256 valence electrons. The molecule has 0 aromatic heterocycles. The Morgan fingerprint density at radius 1 is 0.646 bits per heavy atom. The molecule has 9 nitrogen and oxygen atoms in total. The van der Waals surface area contributed by atoms with E-state index in [9.17, 15) is 26.4 Å². The van der Waals surface area contributed by atoms with E-state index >= 15 is 0 Å². The smallest absolute Gasteiger partial charge is 0.304 e. The highest BCUT2D eigenvalue weighted by Crippen LogP contribution is 2.23. The van der Waals surface area contributed by atoms with E-state index in [1.54, 1.807) is 48.5 Å². The van der Waals surface area contributed by atoms with E-state index in [-0.39, 0.29) is 48.8 Å². The van der Waals surface area contributed by atoms with Gasteiger partial charge in [0.1, 0.15) is 0 Å². The standard InChI is InChI=1S/C17H17BrClNO3S.C17H18BrNO4S/c1-13-5-7-16(8-6-13)24(22,23)20(10-9-17(19)21)12-14-3-2-4-15(18)11-14;1-13-5-7-16(8-6-13)24(22,23)19(10-9-17(20)21)12-14-3-2-4-15(18)11-14/h2-8,11H,9-10,12H2,1H3;2-8,11H,9-10,12H2,1H3,(H,20,21). The first-order valence-corrected chi connectivity index (χ1v) is 19.4. The highest BCUT2D eigenvalue weighted by atomic mass is 79.9. The quantitative estimate of drug-likeness (QED) is 0.130. The number of carbonyl (C=O) groups is 2. The largest absolute Gasteiger partial charge is 0.481 e. The number of carboxylic acids is 1. The lowest BCUT2D eigenvalue weighted by Crippen LogP contribution is -2.32. The summed E-state index contributed by atoms with van der Waals surface area (Å²) >= 11 is 12.1. The molecule has 0 saturated heterocycles. The number of hydrogen-bond donors (Lipinski definition) is 1. The number of aryl methyl sites for hydroxylation is 2. The van der Waals surface area contributed by atoms with Crippen LogP contribution in [-0.4, -0.2) is 54.9 Å². The summed E-state index contributed by atoms with van der Waals surface area (Å²) in [6, 6.07) is 27.8. The van der Waals surface area contributed by atoms with Crippen molar-refractivity contribution in [3.05, 3.63) is 128 Å². The molecule has 0 saturated carbocycles. The maximum Gasteiger partial charge on any atom is 0.304 e. The summed E-state index contributed by atoms with van der Waals surface area (Å²) in [5.74, 6) is -1.03. The molecule has 0 heterocycles. The highest BCUT2D eigenvalue weighted by molar-refractivity contribution is 9.10. The average Bonchev–Trinajstić information content (AvgIpc) is 3.02. The Labute approximate surface area is 303 Å². The lowest BCUT2D eigenvalue weighted by Gasteiger charge is -2.22. The van der Waals surface area contributed by atoms with Crippen molar-refractivity contribution in [3.8, 4) is 0 Å². The van der Waals surface area contributed by atoms with Crippen LogP contribution in [0.5, 0.6) is 0 Å². The van der Waals surface area contributed by atoms with Crippen molar-refractivity contribution >= 4 is 74.7 Å². The summed E-state index contributed by atoms with van der Waals surface area (Å²) in [6.07, 6.45) is -0.292. The van der Waals surface area contributed by atoms with Gasteiger partial charge in [-0.1, -0.05) is 91.5 Å². The van der Waals surface area contributed by atoms with E-state index < -0.39 is 31.3 Å². The summed E-state index contributed by atoms with van der Waals surface area (Å²) < 4.78 is 55.7. The van der Waals surface area contributed by atoms with Gasteiger partial charge in [0, 0.05) is 41.5 Å². The van der Waals surface area contributed by atoms with E-state index in [1.165, 1.54) is 8.61 Å². The Bertz CT molecular complexity index is 1780. The summed E-state index contributed by atoms with van der Waals surface area (Å²) in [4.78, 5) is 22.3. The molecule has 14 heteroatoms. The van der Waals surface area contributed by atoms with E-state index in [4.69, 9.17) is 16.7 Å². The molecule has 0 amide bonds. The van der Waals surface area contributed by atoms with E-state index in [0.717, 1.165) is 31.2 Å². The summed E-state index contributed by atoms with van der Waals surface area (Å²) in [5.41, 5.74) is 3.54. The molecule has 0 aliphatic heterocycles. The predicted octanol–water partition coefficient (Wildman–Crippen LogP) is 7.53. The predicted molar refractivity (Wildman–Crippen MR) is 194 cm³/mol. The topological polar surface area (TPSA) is 129 Å². The second kappa shape index (κ2) is 18.2. The minimum absolute atomic E-state index is 0.0328. The molecule has 0 fully saturated rings. The number of nitrogens with zero attached hydrogens (tertiary/aromatic N) is 2. The van der Waals surface area contributed by atoms with Crippen LogP contribution < -0.4 is 0 Å². The van der Waals surface area contributed by atoms with Crippen molar-refractivity contribution in [1.82, 2.24) is 8.61 Å². The summed E-state index contributed by atoms with van der Waals surface area (Å²) in [7, 11) is -7.49. The fourth-order valence-electron chi connectivity index (χ4n) is 4.40. The van der Waals surface area contributed by atoms with Crippen LogP contribution in [0.25, 0.3) is 0 Å². The van der Waals surface area contributed by atoms with Crippen LogP contribution in [0.3, 0.4) is 0 Å². The molecule has 4 rings (SSSR count). The van der Waals surface area contributed by atoms with Gasteiger partial charge in [0.15, 0.2) is 0 Å². The zero-order valence-corrected chi connectivity index (χ0v) is 31.8. The third-order valence-corrected chi connectivity index (χ3v) is 11.8. The number of sulfonamides is 2. The zero-order chi connectivity index (χ0) is 35.5. The highest BCUT2D eigenvalue weighted by Gasteiger charge is 2.26. The average molecular weight is 843 g/mol. The number of benzene rings is 4. The van der Waals surface area contributed by atoms with Crippen LogP contribution in [0.15, 0.2) is 116 Å². The minimum Gasteiger partial charge on any atom is -0.481 e. The number of carbonyl (C=O) groups excluding carboxylic acids is 1. The van der Waals surface area contributed by atoms with Gasteiger partial charge in [0.25, 0.3) is 0 Å². The maximum atomic E-state index is 12.9. The van der Waals surface area contributed by atoms with Crippen molar-refractivity contribution in [2.24, 2.45) is 0 Å². The number of carboxylic acid groups (broad SMARTS) is 1. The molecule has 0 aliphatic rings. The Morgan fingerprint density at radius 2 is 1.02 bits per heavy atom. The van der Waals surface area contributed by atoms with Gasteiger partial charge in [-0.15, -0.1) is 0 Å². The van der Waals surface area contributed by atoms with Crippen molar-refractivity contribution in [1.29, 1.82) is 0 Å². The lowest BCUT2D eigenvalue weighted by atomic mass is 10.2. The first-order chi connectivity index (χ1) is 22.6. The third kappa shape index (κ3) is 12.2. The fraction of sp³-hybridized carbons (Fsp3) is 0.235. The molecule has 0 spiro atoms. The van der Waals surface area contributed by atoms with Gasteiger partial charge in [-0.2, -0.15) is 8.61 Å². The van der Waals surface area contributed by atoms with Gasteiger partial charge in [-0.3, -0.25) is 9.59 Å². The first-order valence-electron chi connectivity index (χ1n) is 14.6. The van der Waals surface area contributed by atoms with Crippen LogP contribution in [0.1, 0.15) is 35.1 Å². The SMILES string of the molecule is Cc1ccc(S(=O)(=O)N(CCC(=O)Cl)Cc2cccc(Br)c2)cc1.Cc1ccc(S(=O)(=O)N(CCC(=O)O)Cc2cccc(Br)c2)cc1.